The normalized spacial score (nSPS) is 10.4. The Morgan fingerprint density at radius 2 is 1.63 bits per heavy atom. The highest BCUT2D eigenvalue weighted by Gasteiger charge is 2.16. The van der Waals surface area contributed by atoms with Gasteiger partial charge in [-0.25, -0.2) is 0 Å². The maximum absolute atomic E-state index is 12.8. The van der Waals surface area contributed by atoms with Crippen molar-refractivity contribution in [1.29, 1.82) is 0 Å². The predicted octanol–water partition coefficient (Wildman–Crippen LogP) is 4.99. The van der Waals surface area contributed by atoms with E-state index >= 15 is 0 Å². The predicted molar refractivity (Wildman–Crippen MR) is 120 cm³/mol. The Hall–Kier alpha value is -3.60. The molecule has 1 N–H and O–H groups in total. The molecule has 0 saturated carbocycles. The van der Waals surface area contributed by atoms with Gasteiger partial charge >= 0.3 is 0 Å². The zero-order valence-corrected chi connectivity index (χ0v) is 17.5. The number of amides is 2. The molecule has 3 rings (SSSR count). The maximum Gasteiger partial charge on any atom is 0.262 e. The zero-order chi connectivity index (χ0) is 21.5. The molecule has 2 amide bonds. The molecule has 0 heterocycles. The Balaban J connectivity index is 1.59. The van der Waals surface area contributed by atoms with Crippen molar-refractivity contribution in [1.82, 2.24) is 0 Å². The van der Waals surface area contributed by atoms with Gasteiger partial charge in [-0.2, -0.15) is 0 Å². The highest BCUT2D eigenvalue weighted by atomic mass is 16.5. The van der Waals surface area contributed by atoms with Crippen LogP contribution in [0.15, 0.2) is 72.8 Å². The number of aryl methyl sites for hydroxylation is 2. The third kappa shape index (κ3) is 5.26. The number of para-hydroxylation sites is 1. The van der Waals surface area contributed by atoms with Crippen molar-refractivity contribution in [3.8, 4) is 5.75 Å². The number of carbonyl (C=O) groups is 2. The van der Waals surface area contributed by atoms with E-state index in [0.717, 1.165) is 16.8 Å². The highest BCUT2D eigenvalue weighted by molar-refractivity contribution is 6.06. The largest absolute Gasteiger partial charge is 0.483 e. The lowest BCUT2D eigenvalue weighted by Crippen LogP contribution is -2.30. The summed E-state index contributed by atoms with van der Waals surface area (Å²) in [5.41, 5.74) is 4.16. The van der Waals surface area contributed by atoms with E-state index in [4.69, 9.17) is 4.74 Å². The summed E-state index contributed by atoms with van der Waals surface area (Å²) < 4.78 is 5.61. The van der Waals surface area contributed by atoms with Crippen LogP contribution in [0.25, 0.3) is 0 Å². The lowest BCUT2D eigenvalue weighted by molar-refractivity contribution is -0.118. The van der Waals surface area contributed by atoms with Crippen molar-refractivity contribution < 1.29 is 14.3 Å². The molecule has 0 aliphatic carbocycles. The van der Waals surface area contributed by atoms with Crippen LogP contribution in [0.5, 0.6) is 5.75 Å². The third-order valence-electron chi connectivity index (χ3n) is 4.73. The molecule has 5 nitrogen and oxygen atoms in total. The minimum Gasteiger partial charge on any atom is -0.483 e. The van der Waals surface area contributed by atoms with Crippen LogP contribution in [0.1, 0.15) is 28.4 Å². The van der Waals surface area contributed by atoms with Crippen molar-refractivity contribution in [2.24, 2.45) is 0 Å². The van der Waals surface area contributed by atoms with Gasteiger partial charge in [-0.3, -0.25) is 9.59 Å². The molecule has 154 valence electrons. The van der Waals surface area contributed by atoms with E-state index in [2.05, 4.69) is 5.32 Å². The maximum atomic E-state index is 12.8. The molecular weight excluding hydrogens is 376 g/mol. The average molecular weight is 402 g/mol. The highest BCUT2D eigenvalue weighted by Crippen LogP contribution is 2.20. The van der Waals surface area contributed by atoms with E-state index in [1.165, 1.54) is 0 Å². The average Bonchev–Trinajstić information content (AvgIpc) is 2.75. The van der Waals surface area contributed by atoms with Gasteiger partial charge in [0.25, 0.3) is 11.8 Å². The Labute approximate surface area is 177 Å². The van der Waals surface area contributed by atoms with Gasteiger partial charge in [0.05, 0.1) is 0 Å². The number of hydrogen-bond acceptors (Lipinski definition) is 3. The minimum atomic E-state index is -0.256. The Morgan fingerprint density at radius 3 is 2.27 bits per heavy atom. The number of ether oxygens (including phenoxy) is 1. The lowest BCUT2D eigenvalue weighted by Gasteiger charge is -2.21. The molecule has 3 aromatic rings. The molecule has 0 radical (unpaired) electrons. The smallest absolute Gasteiger partial charge is 0.262 e. The first-order chi connectivity index (χ1) is 14.5. The second-order valence-electron chi connectivity index (χ2n) is 7.07. The summed E-state index contributed by atoms with van der Waals surface area (Å²) in [5.74, 6) is 0.352. The SMILES string of the molecule is CCN(C(=O)c1ccc(NC(=O)COc2ccc(C)cc2C)cc1)c1ccccc1. The van der Waals surface area contributed by atoms with Crippen LogP contribution < -0.4 is 15.0 Å². The second kappa shape index (κ2) is 9.74. The number of nitrogens with one attached hydrogen (secondary N) is 1. The van der Waals surface area contributed by atoms with Gasteiger partial charge in [0.1, 0.15) is 5.75 Å². The fourth-order valence-electron chi connectivity index (χ4n) is 3.20. The van der Waals surface area contributed by atoms with Gasteiger partial charge in [0.15, 0.2) is 6.61 Å². The number of rotatable bonds is 7. The van der Waals surface area contributed by atoms with E-state index in [-0.39, 0.29) is 18.4 Å². The Morgan fingerprint density at radius 1 is 0.933 bits per heavy atom. The van der Waals surface area contributed by atoms with Gasteiger partial charge < -0.3 is 15.0 Å². The number of carbonyl (C=O) groups excluding carboxylic acids is 2. The van der Waals surface area contributed by atoms with E-state index in [1.54, 1.807) is 29.2 Å². The monoisotopic (exact) mass is 402 g/mol. The van der Waals surface area contributed by atoms with Gasteiger partial charge in [-0.05, 0) is 68.8 Å². The molecule has 3 aromatic carbocycles. The fourth-order valence-corrected chi connectivity index (χ4v) is 3.20. The summed E-state index contributed by atoms with van der Waals surface area (Å²) in [6.07, 6.45) is 0. The molecule has 0 aliphatic rings. The summed E-state index contributed by atoms with van der Waals surface area (Å²) in [7, 11) is 0. The molecule has 0 fully saturated rings. The Bertz CT molecular complexity index is 1010. The molecule has 0 aromatic heterocycles. The fraction of sp³-hybridized carbons (Fsp3) is 0.200. The zero-order valence-electron chi connectivity index (χ0n) is 17.5. The number of hydrogen-bond donors (Lipinski definition) is 1. The molecule has 0 atom stereocenters. The van der Waals surface area contributed by atoms with Crippen molar-refractivity contribution in [2.75, 3.05) is 23.4 Å². The summed E-state index contributed by atoms with van der Waals surface area (Å²) in [5, 5.41) is 2.80. The molecule has 5 heteroatoms. The molecule has 0 spiro atoms. The van der Waals surface area contributed by atoms with E-state index in [0.29, 0.717) is 23.5 Å². The summed E-state index contributed by atoms with van der Waals surface area (Å²) in [6, 6.07) is 22.3. The quantitative estimate of drug-likeness (QED) is 0.606. The van der Waals surface area contributed by atoms with Crippen LogP contribution in [-0.4, -0.2) is 25.0 Å². The molecule has 0 saturated heterocycles. The van der Waals surface area contributed by atoms with Crippen LogP contribution in [0, 0.1) is 13.8 Å². The summed E-state index contributed by atoms with van der Waals surface area (Å²) in [4.78, 5) is 26.8. The lowest BCUT2D eigenvalue weighted by atomic mass is 10.1. The van der Waals surface area contributed by atoms with Crippen LogP contribution in [0.2, 0.25) is 0 Å². The summed E-state index contributed by atoms with van der Waals surface area (Å²) >= 11 is 0. The first-order valence-electron chi connectivity index (χ1n) is 9.95. The number of benzene rings is 3. The van der Waals surface area contributed by atoms with Gasteiger partial charge in [-0.15, -0.1) is 0 Å². The van der Waals surface area contributed by atoms with E-state index in [1.807, 2.05) is 69.3 Å². The molecule has 0 aliphatic heterocycles. The Kier molecular flexibility index (Phi) is 6.86. The van der Waals surface area contributed by atoms with Crippen LogP contribution in [-0.2, 0) is 4.79 Å². The standard InChI is InChI=1S/C25H26N2O3/c1-4-27(22-8-6-5-7-9-22)25(29)20-11-13-21(14-12-20)26-24(28)17-30-23-15-10-18(2)16-19(23)3/h5-16H,4,17H2,1-3H3,(H,26,28). The van der Waals surface area contributed by atoms with Gasteiger partial charge in [0.2, 0.25) is 0 Å². The number of nitrogens with zero attached hydrogens (tertiary/aromatic N) is 1. The minimum absolute atomic E-state index is 0.0811. The molecule has 0 unspecified atom stereocenters. The van der Waals surface area contributed by atoms with Gasteiger partial charge in [-0.1, -0.05) is 35.9 Å². The van der Waals surface area contributed by atoms with Crippen molar-refractivity contribution in [2.45, 2.75) is 20.8 Å². The van der Waals surface area contributed by atoms with Crippen molar-refractivity contribution >= 4 is 23.2 Å². The first-order valence-corrected chi connectivity index (χ1v) is 9.95. The van der Waals surface area contributed by atoms with Crippen molar-refractivity contribution in [3.63, 3.8) is 0 Å². The second-order valence-corrected chi connectivity index (χ2v) is 7.07. The van der Waals surface area contributed by atoms with Crippen LogP contribution in [0.3, 0.4) is 0 Å². The first kappa shape index (κ1) is 21.1. The van der Waals surface area contributed by atoms with Crippen LogP contribution in [0.4, 0.5) is 11.4 Å². The van der Waals surface area contributed by atoms with E-state index in [9.17, 15) is 9.59 Å². The molecular formula is C25H26N2O3. The van der Waals surface area contributed by atoms with E-state index < -0.39 is 0 Å². The van der Waals surface area contributed by atoms with Crippen LogP contribution >= 0.6 is 0 Å². The van der Waals surface area contributed by atoms with Crippen molar-refractivity contribution in [3.05, 3.63) is 89.5 Å². The number of anilines is 2. The van der Waals surface area contributed by atoms with Gasteiger partial charge in [0, 0.05) is 23.5 Å². The molecule has 30 heavy (non-hydrogen) atoms. The summed E-state index contributed by atoms with van der Waals surface area (Å²) in [6.45, 7) is 6.39. The topological polar surface area (TPSA) is 58.6 Å². The molecule has 0 bridgehead atoms. The third-order valence-corrected chi connectivity index (χ3v) is 4.73.